The molecule has 0 saturated carbocycles. The highest BCUT2D eigenvalue weighted by Crippen LogP contribution is 2.39. The molecule has 4 heterocycles. The van der Waals surface area contributed by atoms with Gasteiger partial charge in [0.1, 0.15) is 24.2 Å². The first kappa shape index (κ1) is 61.3. The van der Waals surface area contributed by atoms with E-state index >= 15 is 0 Å². The quantitative estimate of drug-likeness (QED) is 0.0519. The van der Waals surface area contributed by atoms with E-state index in [0.29, 0.717) is 77.1 Å². The summed E-state index contributed by atoms with van der Waals surface area (Å²) in [6.07, 6.45) is 1.15. The number of hydrogen-bond donors (Lipinski definition) is 9. The number of rotatable bonds is 24. The Kier molecular flexibility index (Phi) is 23.4. The first-order chi connectivity index (χ1) is 37.1. The second kappa shape index (κ2) is 29.8. The maximum atomic E-state index is 13.6. The predicted molar refractivity (Wildman–Crippen MR) is 277 cm³/mol. The van der Waals surface area contributed by atoms with Crippen LogP contribution >= 0.6 is 0 Å². The third-order valence-corrected chi connectivity index (χ3v) is 13.7. The van der Waals surface area contributed by atoms with Gasteiger partial charge in [0, 0.05) is 72.2 Å². The average molecular weight is 1090 g/mol. The Morgan fingerprint density at radius 2 is 1.37 bits per heavy atom. The van der Waals surface area contributed by atoms with Gasteiger partial charge in [-0.05, 0) is 47.4 Å². The van der Waals surface area contributed by atoms with Crippen LogP contribution < -0.4 is 37.2 Å². The van der Waals surface area contributed by atoms with Gasteiger partial charge in [0.15, 0.2) is 0 Å². The Bertz CT molecular complexity index is 2480. The number of para-hydroxylation sites is 1. The molecule has 6 atom stereocenters. The summed E-state index contributed by atoms with van der Waals surface area (Å²) in [7, 11) is 1.41. The van der Waals surface area contributed by atoms with Gasteiger partial charge >= 0.3 is 23.9 Å². The van der Waals surface area contributed by atoms with Gasteiger partial charge in [-0.15, -0.1) is 0 Å². The number of ether oxygens (including phenoxy) is 2. The third-order valence-electron chi connectivity index (χ3n) is 13.7. The number of aryl methyl sites for hydroxylation is 1. The number of aliphatic carboxylic acids is 3. The number of carboxylic acids is 3. The van der Waals surface area contributed by atoms with Crippen molar-refractivity contribution in [1.29, 1.82) is 0 Å². The lowest BCUT2D eigenvalue weighted by Gasteiger charge is -2.29. The number of cyclic esters (lactones) is 1. The van der Waals surface area contributed by atoms with Crippen molar-refractivity contribution in [2.24, 2.45) is 11.7 Å². The SMILES string of the molecule is CCC(C)CC(=O)NC1CCc2cccc3c2N(C1=O)C(C(=O)NC1CC(=O)OC1OC)C3.NC(=O)CNC(=O)CNC(=O)C(CCC(=O)O)NC(=O)Cc1ccc(CN2CCN(CC(=O)O)CCN(CC(=O)O)CC2)cc1. The topological polar surface area (TPSA) is 366 Å². The molecule has 6 rings (SSSR count). The Labute approximate surface area is 451 Å². The number of hydrogen-bond acceptors (Lipinski definition) is 16. The van der Waals surface area contributed by atoms with Crippen molar-refractivity contribution in [2.75, 3.05) is 77.5 Å². The van der Waals surface area contributed by atoms with E-state index < -0.39 is 97.5 Å². The first-order valence-electron chi connectivity index (χ1n) is 25.9. The predicted octanol–water partition coefficient (Wildman–Crippen LogP) is -1.90. The lowest BCUT2D eigenvalue weighted by Crippen LogP contribution is -2.56. The summed E-state index contributed by atoms with van der Waals surface area (Å²) < 4.78 is 10.2. The van der Waals surface area contributed by atoms with E-state index in [1.54, 1.807) is 26.8 Å². The lowest BCUT2D eigenvalue weighted by atomic mass is 10.0. The molecule has 0 bridgehead atoms. The number of benzene rings is 2. The number of carboxylic acid groups (broad SMARTS) is 3. The molecule has 4 aliphatic heterocycles. The van der Waals surface area contributed by atoms with Gasteiger partial charge in [0.2, 0.25) is 47.6 Å². The second-order valence-electron chi connectivity index (χ2n) is 19.8. The molecule has 0 radical (unpaired) electrons. The van der Waals surface area contributed by atoms with E-state index in [2.05, 4.69) is 31.5 Å². The second-order valence-corrected chi connectivity index (χ2v) is 19.8. The molecular formula is C52H72N10O16. The molecule has 6 unspecified atom stereocenters. The summed E-state index contributed by atoms with van der Waals surface area (Å²) in [4.78, 5) is 140. The maximum Gasteiger partial charge on any atom is 0.317 e. The molecule has 26 nitrogen and oxygen atoms in total. The van der Waals surface area contributed by atoms with E-state index in [4.69, 9.17) is 20.3 Å². The largest absolute Gasteiger partial charge is 0.481 e. The molecular weight excluding hydrogens is 1020 g/mol. The number of nitrogens with two attached hydrogens (primary N) is 1. The highest BCUT2D eigenvalue weighted by molar-refractivity contribution is 6.08. The van der Waals surface area contributed by atoms with Gasteiger partial charge in [-0.3, -0.25) is 72.3 Å². The summed E-state index contributed by atoms with van der Waals surface area (Å²) >= 11 is 0. The molecule has 2 aromatic rings. The normalized spacial score (nSPS) is 20.3. The van der Waals surface area contributed by atoms with E-state index in [-0.39, 0.29) is 56.0 Å². The molecule has 10 N–H and O–H groups in total. The molecule has 2 saturated heterocycles. The van der Waals surface area contributed by atoms with Crippen molar-refractivity contribution < 1.29 is 77.5 Å². The highest BCUT2D eigenvalue weighted by Gasteiger charge is 2.46. The minimum atomic E-state index is -1.21. The number of methoxy groups -OCH3 is 1. The molecule has 78 heavy (non-hydrogen) atoms. The number of amides is 7. The van der Waals surface area contributed by atoms with Crippen LogP contribution in [0.4, 0.5) is 5.69 Å². The fraction of sp³-hybridized carbons (Fsp3) is 0.558. The molecule has 0 aromatic heterocycles. The van der Waals surface area contributed by atoms with Gasteiger partial charge in [0.25, 0.3) is 0 Å². The zero-order valence-corrected chi connectivity index (χ0v) is 44.2. The maximum absolute atomic E-state index is 13.6. The standard InChI is InChI=1S/C28H41N7O10.C24H31N3O6/c29-22(36)14-30-24(38)15-31-28(45)21(5-6-25(39)40)32-23(37)13-19-1-3-20(4-2-19)16-33-7-9-34(17-26(41)42)11-12-35(10-8-33)18-27(43)44;1-4-13(2)10-19(28)25-16-9-8-14-6-5-7-15-11-18(27(21(14)15)23(16)31)22(30)26-17-12-20(29)33-24(17)32-3/h1-4,21H,5-18H2,(H2,29,36)(H,30,38)(H,31,45)(H,32,37)(H,39,40)(H,41,42)(H,43,44);5-7,13,16-18,24H,4,8-12H2,1-3H3,(H,25,28)(H,26,30). The smallest absolute Gasteiger partial charge is 0.317 e. The van der Waals surface area contributed by atoms with Gasteiger partial charge in [0.05, 0.1) is 44.7 Å². The monoisotopic (exact) mass is 1090 g/mol. The molecule has 2 fully saturated rings. The minimum absolute atomic E-state index is 0.0113. The number of nitrogens with one attached hydrogen (secondary N) is 5. The Hall–Kier alpha value is -7.55. The third kappa shape index (κ3) is 19.2. The van der Waals surface area contributed by atoms with Crippen molar-refractivity contribution in [3.63, 3.8) is 0 Å². The average Bonchev–Trinajstić information content (AvgIpc) is 4.03. The first-order valence-corrected chi connectivity index (χ1v) is 25.9. The van der Waals surface area contributed by atoms with Gasteiger partial charge < -0.3 is 57.1 Å². The molecule has 2 aromatic carbocycles. The molecule has 0 aliphatic carbocycles. The molecule has 4 aliphatic rings. The number of anilines is 1. The van der Waals surface area contributed by atoms with Crippen LogP contribution in [-0.4, -0.2) is 198 Å². The number of carbonyl (C=O) groups is 11. The Balaban J connectivity index is 0.000000300. The summed E-state index contributed by atoms with van der Waals surface area (Å²) in [6.45, 7) is 6.37. The van der Waals surface area contributed by atoms with Crippen LogP contribution in [0.1, 0.15) is 74.6 Å². The lowest BCUT2D eigenvalue weighted by molar-refractivity contribution is -0.160. The van der Waals surface area contributed by atoms with E-state index in [1.807, 2.05) is 44.2 Å². The molecule has 0 spiro atoms. The summed E-state index contributed by atoms with van der Waals surface area (Å²) in [5.74, 6) is -6.86. The van der Waals surface area contributed by atoms with Crippen LogP contribution in [0.3, 0.4) is 0 Å². The zero-order chi connectivity index (χ0) is 57.1. The fourth-order valence-corrected chi connectivity index (χ4v) is 9.40. The van der Waals surface area contributed by atoms with Gasteiger partial charge in [-0.2, -0.15) is 0 Å². The molecule has 26 heteroatoms. The van der Waals surface area contributed by atoms with E-state index in [9.17, 15) is 63.0 Å². The molecule has 7 amide bonds. The van der Waals surface area contributed by atoms with E-state index in [0.717, 1.165) is 28.8 Å². The number of esters is 1. The van der Waals surface area contributed by atoms with Crippen molar-refractivity contribution in [1.82, 2.24) is 41.3 Å². The molecule has 426 valence electrons. The van der Waals surface area contributed by atoms with Gasteiger partial charge in [-0.25, -0.2) is 0 Å². The number of primary amides is 1. The van der Waals surface area contributed by atoms with Crippen molar-refractivity contribution >= 4 is 70.9 Å². The number of nitrogens with zero attached hydrogens (tertiary/aromatic N) is 4. The van der Waals surface area contributed by atoms with Gasteiger partial charge in [-0.1, -0.05) is 62.7 Å². The van der Waals surface area contributed by atoms with Crippen LogP contribution in [0.2, 0.25) is 0 Å². The summed E-state index contributed by atoms with van der Waals surface area (Å²) in [5, 5.41) is 40.2. The minimum Gasteiger partial charge on any atom is -0.481 e. The summed E-state index contributed by atoms with van der Waals surface area (Å²) in [6, 6.07) is 9.68. The number of carbonyl (C=O) groups excluding carboxylic acids is 8. The van der Waals surface area contributed by atoms with Crippen molar-refractivity contribution in [3.05, 3.63) is 64.7 Å². The van der Waals surface area contributed by atoms with E-state index in [1.165, 1.54) is 7.11 Å². The van der Waals surface area contributed by atoms with Crippen LogP contribution in [-0.2, 0) is 88.0 Å². The van der Waals surface area contributed by atoms with Crippen molar-refractivity contribution in [3.8, 4) is 0 Å². The van der Waals surface area contributed by atoms with Crippen LogP contribution in [0.5, 0.6) is 0 Å². The van der Waals surface area contributed by atoms with Crippen LogP contribution in [0.25, 0.3) is 0 Å². The zero-order valence-electron chi connectivity index (χ0n) is 44.2. The van der Waals surface area contributed by atoms with Crippen LogP contribution in [0.15, 0.2) is 42.5 Å². The van der Waals surface area contributed by atoms with Crippen molar-refractivity contribution in [2.45, 2.75) is 109 Å². The highest BCUT2D eigenvalue weighted by atomic mass is 16.7. The van der Waals surface area contributed by atoms with Crippen LogP contribution in [0, 0.1) is 5.92 Å². The Morgan fingerprint density at radius 1 is 0.756 bits per heavy atom. The Morgan fingerprint density at radius 3 is 1.96 bits per heavy atom. The summed E-state index contributed by atoms with van der Waals surface area (Å²) in [5.41, 5.74) is 9.18. The fourth-order valence-electron chi connectivity index (χ4n) is 9.40.